The number of phosphoric acid groups is 1. The van der Waals surface area contributed by atoms with E-state index >= 15 is 0 Å². The van der Waals surface area contributed by atoms with Crippen LogP contribution in [0, 0.1) is 0 Å². The molecule has 3 unspecified atom stereocenters. The number of aliphatic hydroxyl groups excluding tert-OH is 1. The molecule has 50 heavy (non-hydrogen) atoms. The molecule has 298 valence electrons. The number of likely N-dealkylation sites (N-methyl/N-ethyl adjacent to an activating group) is 1. The molecule has 0 saturated heterocycles. The molecule has 0 aromatic rings. The van der Waals surface area contributed by atoms with Gasteiger partial charge in [0.05, 0.1) is 39.9 Å². The maximum atomic E-state index is 12.8. The predicted molar refractivity (Wildman–Crippen MR) is 210 cm³/mol. The molecule has 0 heterocycles. The molecule has 0 spiro atoms. The average molecular weight is 731 g/mol. The van der Waals surface area contributed by atoms with Crippen LogP contribution in [-0.2, 0) is 18.4 Å². The number of phosphoric ester groups is 1. The summed E-state index contributed by atoms with van der Waals surface area (Å²) < 4.78 is 23.2. The van der Waals surface area contributed by atoms with Crippen LogP contribution >= 0.6 is 7.82 Å². The number of aliphatic hydroxyl groups is 1. The molecule has 1 amide bonds. The summed E-state index contributed by atoms with van der Waals surface area (Å²) in [5, 5.41) is 13.9. The largest absolute Gasteiger partial charge is 0.756 e. The second-order valence-corrected chi connectivity index (χ2v) is 17.1. The third kappa shape index (κ3) is 35.6. The van der Waals surface area contributed by atoms with E-state index in [4.69, 9.17) is 9.05 Å². The smallest absolute Gasteiger partial charge is 0.268 e. The van der Waals surface area contributed by atoms with Crippen molar-refractivity contribution in [2.45, 2.75) is 206 Å². The van der Waals surface area contributed by atoms with Gasteiger partial charge in [0, 0.05) is 6.42 Å². The maximum absolute atomic E-state index is 12.8. The first kappa shape index (κ1) is 49.2. The monoisotopic (exact) mass is 731 g/mol. The van der Waals surface area contributed by atoms with Gasteiger partial charge in [-0.3, -0.25) is 9.36 Å². The number of allylic oxidation sites excluding steroid dienone is 2. The fraction of sp³-hybridized carbons (Fsp3) is 0.927. The Bertz CT molecular complexity index is 834. The lowest BCUT2D eigenvalue weighted by Crippen LogP contribution is -2.46. The molecule has 0 radical (unpaired) electrons. The van der Waals surface area contributed by atoms with Crippen LogP contribution in [-0.4, -0.2) is 68.5 Å². The standard InChI is InChI=1S/C41H83N2O6P/c1-6-8-10-12-14-16-18-20-21-22-23-24-26-28-30-32-34-40(44)39(38-49-50(46,47)48-37-36-43(3,4)5)42-41(45)35-33-31-29-27-25-19-17-15-13-11-9-7-2/h15,17,39-40,44H,6-14,16,18-38H2,1-5H3,(H-,42,45,46,47)/b17-15-. The molecule has 0 aliphatic rings. The van der Waals surface area contributed by atoms with Gasteiger partial charge >= 0.3 is 0 Å². The molecular formula is C41H83N2O6P. The molecule has 3 atom stereocenters. The molecule has 8 nitrogen and oxygen atoms in total. The van der Waals surface area contributed by atoms with Crippen LogP contribution in [0.3, 0.4) is 0 Å². The number of rotatable bonds is 38. The summed E-state index contributed by atoms with van der Waals surface area (Å²) in [5.74, 6) is -0.175. The minimum Gasteiger partial charge on any atom is -0.756 e. The molecule has 2 N–H and O–H groups in total. The normalized spacial score (nSPS) is 14.6. The quantitative estimate of drug-likeness (QED) is 0.0283. The Labute approximate surface area is 310 Å². The maximum Gasteiger partial charge on any atom is 0.268 e. The minimum absolute atomic E-state index is 0.0122. The highest BCUT2D eigenvalue weighted by Gasteiger charge is 2.24. The summed E-state index contributed by atoms with van der Waals surface area (Å²) in [6.45, 7) is 4.68. The average Bonchev–Trinajstić information content (AvgIpc) is 3.06. The zero-order chi connectivity index (χ0) is 37.2. The van der Waals surface area contributed by atoms with Crippen LogP contribution in [0.5, 0.6) is 0 Å². The van der Waals surface area contributed by atoms with Crippen molar-refractivity contribution in [3.05, 3.63) is 12.2 Å². The molecule has 0 saturated carbocycles. The van der Waals surface area contributed by atoms with Crippen molar-refractivity contribution in [2.75, 3.05) is 40.9 Å². The first-order valence-corrected chi connectivity index (χ1v) is 22.5. The van der Waals surface area contributed by atoms with Gasteiger partial charge in [0.1, 0.15) is 13.2 Å². The number of carbonyl (C=O) groups excluding carboxylic acids is 1. The Morgan fingerprint density at radius 3 is 1.60 bits per heavy atom. The van der Waals surface area contributed by atoms with E-state index < -0.39 is 20.0 Å². The van der Waals surface area contributed by atoms with Crippen molar-refractivity contribution in [1.82, 2.24) is 5.32 Å². The number of carbonyl (C=O) groups is 1. The minimum atomic E-state index is -4.56. The number of nitrogens with zero attached hydrogens (tertiary/aromatic N) is 1. The molecular weight excluding hydrogens is 647 g/mol. The number of unbranched alkanes of at least 4 members (excludes halogenated alkanes) is 23. The molecule has 0 aromatic carbocycles. The van der Waals surface area contributed by atoms with Crippen LogP contribution in [0.25, 0.3) is 0 Å². The van der Waals surface area contributed by atoms with Crippen LogP contribution in [0.15, 0.2) is 12.2 Å². The van der Waals surface area contributed by atoms with Gasteiger partial charge in [0.25, 0.3) is 7.82 Å². The number of nitrogens with one attached hydrogen (secondary N) is 1. The second kappa shape index (κ2) is 34.0. The van der Waals surface area contributed by atoms with Gasteiger partial charge in [0.15, 0.2) is 0 Å². The summed E-state index contributed by atoms with van der Waals surface area (Å²) in [6, 6.07) is -0.799. The fourth-order valence-corrected chi connectivity index (χ4v) is 6.81. The summed E-state index contributed by atoms with van der Waals surface area (Å²) in [6.07, 6.45) is 36.3. The van der Waals surface area contributed by atoms with E-state index in [1.54, 1.807) is 0 Å². The Morgan fingerprint density at radius 2 is 1.10 bits per heavy atom. The fourth-order valence-electron chi connectivity index (χ4n) is 6.09. The van der Waals surface area contributed by atoms with Crippen molar-refractivity contribution in [1.29, 1.82) is 0 Å². The van der Waals surface area contributed by atoms with E-state index in [0.29, 0.717) is 23.9 Å². The van der Waals surface area contributed by atoms with Gasteiger partial charge in [0.2, 0.25) is 5.91 Å². The van der Waals surface area contributed by atoms with Crippen molar-refractivity contribution < 1.29 is 32.9 Å². The molecule has 0 aliphatic carbocycles. The van der Waals surface area contributed by atoms with E-state index in [0.717, 1.165) is 51.4 Å². The summed E-state index contributed by atoms with van der Waals surface area (Å²) >= 11 is 0. The summed E-state index contributed by atoms with van der Waals surface area (Å²) in [5.41, 5.74) is 0. The van der Waals surface area contributed by atoms with E-state index in [1.165, 1.54) is 116 Å². The third-order valence-electron chi connectivity index (χ3n) is 9.50. The highest BCUT2D eigenvalue weighted by Crippen LogP contribution is 2.38. The molecule has 0 bridgehead atoms. The highest BCUT2D eigenvalue weighted by molar-refractivity contribution is 7.45. The predicted octanol–water partition coefficient (Wildman–Crippen LogP) is 10.6. The number of amides is 1. The van der Waals surface area contributed by atoms with Crippen LogP contribution in [0.1, 0.15) is 194 Å². The lowest BCUT2D eigenvalue weighted by molar-refractivity contribution is -0.870. The zero-order valence-corrected chi connectivity index (χ0v) is 34.5. The Balaban J connectivity index is 4.39. The number of hydrogen-bond acceptors (Lipinski definition) is 6. The van der Waals surface area contributed by atoms with Crippen molar-refractivity contribution in [2.24, 2.45) is 0 Å². The van der Waals surface area contributed by atoms with Gasteiger partial charge in [-0.25, -0.2) is 0 Å². The van der Waals surface area contributed by atoms with Crippen LogP contribution in [0.4, 0.5) is 0 Å². The summed E-state index contributed by atoms with van der Waals surface area (Å²) in [7, 11) is 1.30. The van der Waals surface area contributed by atoms with E-state index in [9.17, 15) is 19.4 Å². The van der Waals surface area contributed by atoms with Gasteiger partial charge in [-0.1, -0.05) is 161 Å². The second-order valence-electron chi connectivity index (χ2n) is 15.7. The zero-order valence-electron chi connectivity index (χ0n) is 33.6. The molecule has 0 fully saturated rings. The summed E-state index contributed by atoms with van der Waals surface area (Å²) in [4.78, 5) is 25.2. The van der Waals surface area contributed by atoms with Crippen molar-refractivity contribution in [3.63, 3.8) is 0 Å². The van der Waals surface area contributed by atoms with Gasteiger partial charge in [-0.05, 0) is 38.5 Å². The van der Waals surface area contributed by atoms with Crippen LogP contribution < -0.4 is 10.2 Å². The van der Waals surface area contributed by atoms with Crippen LogP contribution in [0.2, 0.25) is 0 Å². The van der Waals surface area contributed by atoms with Crippen molar-refractivity contribution >= 4 is 13.7 Å². The molecule has 0 aromatic heterocycles. The van der Waals surface area contributed by atoms with E-state index in [1.807, 2.05) is 21.1 Å². The van der Waals surface area contributed by atoms with Crippen molar-refractivity contribution in [3.8, 4) is 0 Å². The first-order valence-electron chi connectivity index (χ1n) is 21.0. The lowest BCUT2D eigenvalue weighted by Gasteiger charge is -2.30. The van der Waals surface area contributed by atoms with Gasteiger partial charge in [-0.2, -0.15) is 0 Å². The Morgan fingerprint density at radius 1 is 0.680 bits per heavy atom. The SMILES string of the molecule is CCCCC/C=C\CCCCCCCC(=O)NC(COP(=O)([O-])OCC[N+](C)(C)C)C(O)CCCCCCCCCCCCCCCCCC. The Hall–Kier alpha value is -0.760. The van der Waals surface area contributed by atoms with Gasteiger partial charge < -0.3 is 28.8 Å². The van der Waals surface area contributed by atoms with E-state index in [2.05, 4.69) is 31.3 Å². The van der Waals surface area contributed by atoms with Gasteiger partial charge in [-0.15, -0.1) is 0 Å². The Kier molecular flexibility index (Phi) is 33.5. The molecule has 9 heteroatoms. The molecule has 0 aliphatic heterocycles. The molecule has 0 rings (SSSR count). The third-order valence-corrected chi connectivity index (χ3v) is 10.5. The van der Waals surface area contributed by atoms with E-state index in [-0.39, 0.29) is 19.1 Å². The highest BCUT2D eigenvalue weighted by atomic mass is 31.2. The number of quaternary nitrogens is 1. The number of hydrogen-bond donors (Lipinski definition) is 2. The first-order chi connectivity index (χ1) is 24.0. The lowest BCUT2D eigenvalue weighted by atomic mass is 10.0. The topological polar surface area (TPSA) is 108 Å².